The number of non-ortho nitro benzene ring substituents is 1. The predicted molar refractivity (Wildman–Crippen MR) is 112 cm³/mol. The van der Waals surface area contributed by atoms with E-state index in [0.717, 1.165) is 18.8 Å². The van der Waals surface area contributed by atoms with Crippen molar-refractivity contribution in [1.82, 2.24) is 0 Å². The lowest BCUT2D eigenvalue weighted by Crippen LogP contribution is -2.23. The van der Waals surface area contributed by atoms with Crippen LogP contribution in [-0.4, -0.2) is 29.6 Å². The quantitative estimate of drug-likeness (QED) is 0.428. The van der Waals surface area contributed by atoms with Gasteiger partial charge in [-0.2, -0.15) is 10.1 Å². The number of hydrogen-bond acceptors (Lipinski definition) is 5. The minimum atomic E-state index is -0.429. The van der Waals surface area contributed by atoms with Crippen molar-refractivity contribution >= 4 is 34.8 Å². The lowest BCUT2D eigenvalue weighted by molar-refractivity contribution is -0.384. The summed E-state index contributed by atoms with van der Waals surface area (Å²) in [6.45, 7) is 7.31. The van der Waals surface area contributed by atoms with Gasteiger partial charge in [0.25, 0.3) is 11.6 Å². The molecular formula is C21H22N4O3. The molecule has 0 aromatic heterocycles. The lowest BCUT2D eigenvalue weighted by atomic mass is 10.0. The van der Waals surface area contributed by atoms with Crippen molar-refractivity contribution in [3.8, 4) is 0 Å². The van der Waals surface area contributed by atoms with Crippen LogP contribution >= 0.6 is 0 Å². The van der Waals surface area contributed by atoms with Gasteiger partial charge in [-0.25, -0.2) is 0 Å². The van der Waals surface area contributed by atoms with Gasteiger partial charge in [-0.1, -0.05) is 18.2 Å². The second-order valence-corrected chi connectivity index (χ2v) is 6.37. The molecule has 0 aliphatic carbocycles. The molecule has 1 amide bonds. The van der Waals surface area contributed by atoms with E-state index in [9.17, 15) is 14.9 Å². The summed E-state index contributed by atoms with van der Waals surface area (Å²) in [6.07, 6.45) is 1.70. The number of hydrogen-bond donors (Lipinski definition) is 0. The van der Waals surface area contributed by atoms with Crippen molar-refractivity contribution in [2.45, 2.75) is 20.8 Å². The summed E-state index contributed by atoms with van der Waals surface area (Å²) in [5, 5.41) is 17.0. The fraction of sp³-hybridized carbons (Fsp3) is 0.238. The van der Waals surface area contributed by atoms with Crippen LogP contribution < -0.4 is 9.91 Å². The molecule has 1 aliphatic heterocycles. The summed E-state index contributed by atoms with van der Waals surface area (Å²) in [5.41, 5.74) is 3.15. The van der Waals surface area contributed by atoms with E-state index in [1.165, 1.54) is 17.1 Å². The summed E-state index contributed by atoms with van der Waals surface area (Å²) in [4.78, 5) is 25.9. The Morgan fingerprint density at radius 3 is 2.43 bits per heavy atom. The third kappa shape index (κ3) is 3.64. The highest BCUT2D eigenvalue weighted by molar-refractivity contribution is 6.32. The van der Waals surface area contributed by atoms with Crippen molar-refractivity contribution in [1.29, 1.82) is 0 Å². The van der Waals surface area contributed by atoms with Gasteiger partial charge >= 0.3 is 0 Å². The summed E-state index contributed by atoms with van der Waals surface area (Å²) >= 11 is 0. The number of amides is 1. The Balaban J connectivity index is 2.07. The number of para-hydroxylation sites is 1. The SMILES string of the molecule is CCN(CC)c1ccc([N+](=O)[O-])cc1/C=C1\C(=O)N(c2ccccc2)N=C1C. The summed E-state index contributed by atoms with van der Waals surface area (Å²) < 4.78 is 0. The Hall–Kier alpha value is -3.48. The number of rotatable bonds is 6. The minimum Gasteiger partial charge on any atom is -0.372 e. The highest BCUT2D eigenvalue weighted by atomic mass is 16.6. The Morgan fingerprint density at radius 2 is 1.82 bits per heavy atom. The molecule has 7 nitrogen and oxygen atoms in total. The average molecular weight is 378 g/mol. The third-order valence-corrected chi connectivity index (χ3v) is 4.69. The second kappa shape index (κ2) is 8.04. The molecule has 1 aliphatic rings. The summed E-state index contributed by atoms with van der Waals surface area (Å²) in [6, 6.07) is 13.9. The largest absolute Gasteiger partial charge is 0.372 e. The smallest absolute Gasteiger partial charge is 0.280 e. The first-order chi connectivity index (χ1) is 13.5. The molecule has 0 saturated carbocycles. The van der Waals surface area contributed by atoms with Gasteiger partial charge in [0.05, 0.1) is 21.9 Å². The molecule has 1 heterocycles. The molecule has 0 atom stereocenters. The molecule has 2 aromatic carbocycles. The number of nitro benzene ring substituents is 1. The normalized spacial score (nSPS) is 15.1. The molecule has 0 spiro atoms. The number of benzene rings is 2. The topological polar surface area (TPSA) is 79.0 Å². The molecule has 0 N–H and O–H groups in total. The molecule has 0 unspecified atom stereocenters. The average Bonchev–Trinajstić information content (AvgIpc) is 2.98. The second-order valence-electron chi connectivity index (χ2n) is 6.37. The van der Waals surface area contributed by atoms with E-state index >= 15 is 0 Å². The van der Waals surface area contributed by atoms with Gasteiger partial charge in [0.1, 0.15) is 0 Å². The number of nitrogens with zero attached hydrogens (tertiary/aromatic N) is 4. The minimum absolute atomic E-state index is 0.0114. The van der Waals surface area contributed by atoms with Crippen LogP contribution in [0.25, 0.3) is 6.08 Å². The number of carbonyl (C=O) groups excluding carboxylic acids is 1. The van der Waals surface area contributed by atoms with Crippen LogP contribution in [-0.2, 0) is 4.79 Å². The Labute approximate surface area is 163 Å². The molecule has 3 rings (SSSR count). The van der Waals surface area contributed by atoms with Crippen LogP contribution in [0.4, 0.5) is 17.1 Å². The van der Waals surface area contributed by atoms with Crippen molar-refractivity contribution in [3.05, 3.63) is 69.8 Å². The highest BCUT2D eigenvalue weighted by Gasteiger charge is 2.29. The molecule has 28 heavy (non-hydrogen) atoms. The zero-order chi connectivity index (χ0) is 20.3. The molecule has 7 heteroatoms. The Morgan fingerprint density at radius 1 is 1.14 bits per heavy atom. The van der Waals surface area contributed by atoms with Gasteiger partial charge in [0.15, 0.2) is 0 Å². The molecule has 0 saturated heterocycles. The molecule has 0 fully saturated rings. The summed E-state index contributed by atoms with van der Waals surface area (Å²) in [5.74, 6) is -0.249. The van der Waals surface area contributed by atoms with E-state index < -0.39 is 4.92 Å². The van der Waals surface area contributed by atoms with Crippen molar-refractivity contribution in [3.63, 3.8) is 0 Å². The van der Waals surface area contributed by atoms with Crippen LogP contribution in [0.15, 0.2) is 59.2 Å². The van der Waals surface area contributed by atoms with E-state index in [1.807, 2.05) is 44.2 Å². The first-order valence-electron chi connectivity index (χ1n) is 9.16. The molecule has 144 valence electrons. The van der Waals surface area contributed by atoms with Crippen LogP contribution in [0.2, 0.25) is 0 Å². The van der Waals surface area contributed by atoms with Gasteiger partial charge in [0, 0.05) is 36.5 Å². The molecular weight excluding hydrogens is 356 g/mol. The number of carbonyl (C=O) groups is 1. The van der Waals surface area contributed by atoms with Gasteiger partial charge in [0.2, 0.25) is 0 Å². The van der Waals surface area contributed by atoms with Gasteiger partial charge in [-0.15, -0.1) is 0 Å². The zero-order valence-electron chi connectivity index (χ0n) is 16.1. The first-order valence-corrected chi connectivity index (χ1v) is 9.16. The van der Waals surface area contributed by atoms with Crippen molar-refractivity contribution in [2.75, 3.05) is 23.0 Å². The number of anilines is 2. The number of nitro groups is 1. The maximum atomic E-state index is 13.0. The standard InChI is InChI=1S/C21H22N4O3/c1-4-23(5-2)20-12-11-18(25(27)28)13-16(20)14-19-15(3)22-24(21(19)26)17-9-7-6-8-10-17/h6-14H,4-5H2,1-3H3/b19-14-. The van der Waals surface area contributed by atoms with E-state index in [4.69, 9.17) is 0 Å². The van der Waals surface area contributed by atoms with Crippen LogP contribution in [0.1, 0.15) is 26.3 Å². The van der Waals surface area contributed by atoms with Crippen LogP contribution in [0, 0.1) is 10.1 Å². The van der Waals surface area contributed by atoms with Crippen LogP contribution in [0.5, 0.6) is 0 Å². The van der Waals surface area contributed by atoms with Gasteiger partial charge in [-0.05, 0) is 45.0 Å². The Kier molecular flexibility index (Phi) is 5.54. The fourth-order valence-electron chi connectivity index (χ4n) is 3.21. The van der Waals surface area contributed by atoms with Gasteiger partial charge in [-0.3, -0.25) is 14.9 Å². The highest BCUT2D eigenvalue weighted by Crippen LogP contribution is 2.30. The summed E-state index contributed by atoms with van der Waals surface area (Å²) in [7, 11) is 0. The van der Waals surface area contributed by atoms with E-state index in [1.54, 1.807) is 19.1 Å². The molecule has 0 radical (unpaired) electrons. The maximum Gasteiger partial charge on any atom is 0.280 e. The fourth-order valence-corrected chi connectivity index (χ4v) is 3.21. The van der Waals surface area contributed by atoms with Crippen LogP contribution in [0.3, 0.4) is 0 Å². The molecule has 2 aromatic rings. The first kappa shape index (κ1) is 19.3. The predicted octanol–water partition coefficient (Wildman–Crippen LogP) is 4.25. The van der Waals surface area contributed by atoms with Crippen molar-refractivity contribution in [2.24, 2.45) is 5.10 Å². The van der Waals surface area contributed by atoms with E-state index in [-0.39, 0.29) is 11.6 Å². The van der Waals surface area contributed by atoms with E-state index in [2.05, 4.69) is 10.0 Å². The number of hydrazone groups is 1. The lowest BCUT2D eigenvalue weighted by Gasteiger charge is -2.23. The van der Waals surface area contributed by atoms with E-state index in [0.29, 0.717) is 22.5 Å². The zero-order valence-corrected chi connectivity index (χ0v) is 16.1. The maximum absolute atomic E-state index is 13.0. The third-order valence-electron chi connectivity index (χ3n) is 4.69. The monoisotopic (exact) mass is 378 g/mol. The molecule has 0 bridgehead atoms. The Bertz CT molecular complexity index is 963. The van der Waals surface area contributed by atoms with Gasteiger partial charge < -0.3 is 4.90 Å². The van der Waals surface area contributed by atoms with Crippen molar-refractivity contribution < 1.29 is 9.72 Å².